The van der Waals surface area contributed by atoms with Crippen LogP contribution >= 0.6 is 11.8 Å². The first-order chi connectivity index (χ1) is 15.0. The molecule has 0 unspecified atom stereocenters. The lowest BCUT2D eigenvalue weighted by Crippen LogP contribution is -2.38. The molecule has 0 atom stereocenters. The van der Waals surface area contributed by atoms with Crippen LogP contribution in [0.15, 0.2) is 45.7 Å². The Morgan fingerprint density at radius 3 is 2.38 bits per heavy atom. The Bertz CT molecular complexity index is 1190. The molecule has 3 rings (SSSR count). The summed E-state index contributed by atoms with van der Waals surface area (Å²) in [6, 6.07) is 9.75. The molecule has 1 heterocycles. The highest BCUT2D eigenvalue weighted by Gasteiger charge is 2.30. The SMILES string of the molecule is CCSc1ccc2c(C)c(C(=O)C=Cc3cc(C)c(OC(C)(C)C(=O)O)c(C)c3)oc2c1. The maximum atomic E-state index is 12.8. The van der Waals surface area contributed by atoms with Crippen molar-refractivity contribution in [3.63, 3.8) is 0 Å². The third kappa shape index (κ3) is 4.91. The van der Waals surface area contributed by atoms with Crippen molar-refractivity contribution in [1.82, 2.24) is 0 Å². The van der Waals surface area contributed by atoms with E-state index in [0.717, 1.165) is 38.3 Å². The number of carbonyl (C=O) groups is 2. The van der Waals surface area contributed by atoms with Gasteiger partial charge in [0, 0.05) is 15.8 Å². The van der Waals surface area contributed by atoms with Crippen LogP contribution in [-0.2, 0) is 4.79 Å². The summed E-state index contributed by atoms with van der Waals surface area (Å²) in [5.41, 5.74) is 2.63. The monoisotopic (exact) mass is 452 g/mol. The van der Waals surface area contributed by atoms with Crippen LogP contribution in [0.5, 0.6) is 5.75 Å². The first kappa shape index (κ1) is 23.7. The predicted molar refractivity (Wildman–Crippen MR) is 129 cm³/mol. The van der Waals surface area contributed by atoms with E-state index in [0.29, 0.717) is 17.1 Å². The van der Waals surface area contributed by atoms with Crippen molar-refractivity contribution in [1.29, 1.82) is 0 Å². The van der Waals surface area contributed by atoms with Gasteiger partial charge in [-0.05, 0) is 93.5 Å². The summed E-state index contributed by atoms with van der Waals surface area (Å²) in [6.45, 7) is 10.7. The van der Waals surface area contributed by atoms with Gasteiger partial charge >= 0.3 is 5.97 Å². The van der Waals surface area contributed by atoms with Crippen molar-refractivity contribution in [2.24, 2.45) is 0 Å². The lowest BCUT2D eigenvalue weighted by Gasteiger charge is -2.24. The van der Waals surface area contributed by atoms with Gasteiger partial charge in [0.15, 0.2) is 11.4 Å². The average molecular weight is 453 g/mol. The Morgan fingerprint density at radius 2 is 1.78 bits per heavy atom. The quantitative estimate of drug-likeness (QED) is 0.235. The first-order valence-corrected chi connectivity index (χ1v) is 11.4. The highest BCUT2D eigenvalue weighted by molar-refractivity contribution is 7.99. The number of ether oxygens (including phenoxy) is 1. The van der Waals surface area contributed by atoms with Crippen molar-refractivity contribution < 1.29 is 23.8 Å². The number of allylic oxidation sites excluding steroid dienone is 1. The Balaban J connectivity index is 1.85. The highest BCUT2D eigenvalue weighted by atomic mass is 32.2. The van der Waals surface area contributed by atoms with Gasteiger partial charge in [-0.15, -0.1) is 11.8 Å². The molecule has 0 saturated heterocycles. The van der Waals surface area contributed by atoms with E-state index < -0.39 is 11.6 Å². The molecule has 1 aromatic heterocycles. The van der Waals surface area contributed by atoms with Crippen molar-refractivity contribution in [2.45, 2.75) is 52.0 Å². The number of hydrogen-bond donors (Lipinski definition) is 1. The number of fused-ring (bicyclic) bond motifs is 1. The fraction of sp³-hybridized carbons (Fsp3) is 0.308. The topological polar surface area (TPSA) is 76.7 Å². The van der Waals surface area contributed by atoms with Crippen LogP contribution in [-0.4, -0.2) is 28.2 Å². The number of carbonyl (C=O) groups excluding carboxylic acids is 1. The lowest BCUT2D eigenvalue weighted by molar-refractivity contribution is -0.152. The summed E-state index contributed by atoms with van der Waals surface area (Å²) >= 11 is 1.73. The molecule has 0 saturated carbocycles. The van der Waals surface area contributed by atoms with Crippen LogP contribution in [0.4, 0.5) is 0 Å². The number of carboxylic acid groups (broad SMARTS) is 1. The summed E-state index contributed by atoms with van der Waals surface area (Å²) in [7, 11) is 0. The number of thioether (sulfide) groups is 1. The minimum atomic E-state index is -1.34. The van der Waals surface area contributed by atoms with Crippen molar-refractivity contribution in [2.75, 3.05) is 5.75 Å². The van der Waals surface area contributed by atoms with Gasteiger partial charge in [-0.3, -0.25) is 4.79 Å². The fourth-order valence-corrected chi connectivity index (χ4v) is 4.17. The fourth-order valence-electron chi connectivity index (χ4n) is 3.48. The third-order valence-electron chi connectivity index (χ3n) is 5.23. The number of furan rings is 1. The van der Waals surface area contributed by atoms with Gasteiger partial charge in [-0.2, -0.15) is 0 Å². The Labute approximate surface area is 192 Å². The summed E-state index contributed by atoms with van der Waals surface area (Å²) in [5, 5.41) is 10.3. The second-order valence-corrected chi connectivity index (χ2v) is 9.58. The summed E-state index contributed by atoms with van der Waals surface area (Å²) < 4.78 is 11.6. The van der Waals surface area contributed by atoms with Gasteiger partial charge in [0.1, 0.15) is 11.3 Å². The second kappa shape index (κ2) is 9.25. The van der Waals surface area contributed by atoms with E-state index in [1.807, 2.05) is 51.1 Å². The van der Waals surface area contributed by atoms with Gasteiger partial charge in [0.2, 0.25) is 5.78 Å². The third-order valence-corrected chi connectivity index (χ3v) is 6.10. The molecule has 6 heteroatoms. The first-order valence-electron chi connectivity index (χ1n) is 10.5. The second-order valence-electron chi connectivity index (χ2n) is 8.25. The number of benzene rings is 2. The molecular formula is C26H28O5S. The molecule has 0 aliphatic carbocycles. The number of rotatable bonds is 8. The van der Waals surface area contributed by atoms with Crippen molar-refractivity contribution in [3.05, 3.63) is 64.4 Å². The number of ketones is 1. The minimum absolute atomic E-state index is 0.203. The summed E-state index contributed by atoms with van der Waals surface area (Å²) in [6.07, 6.45) is 3.24. The van der Waals surface area contributed by atoms with Crippen LogP contribution in [0.1, 0.15) is 53.6 Å². The summed E-state index contributed by atoms with van der Waals surface area (Å²) in [4.78, 5) is 25.3. The molecule has 32 heavy (non-hydrogen) atoms. The van der Waals surface area contributed by atoms with Crippen LogP contribution < -0.4 is 4.74 Å². The van der Waals surface area contributed by atoms with Crippen LogP contribution in [0.25, 0.3) is 17.0 Å². The molecular weight excluding hydrogens is 424 g/mol. The molecule has 0 radical (unpaired) electrons. The molecule has 0 aliphatic rings. The maximum absolute atomic E-state index is 12.8. The van der Waals surface area contributed by atoms with Gasteiger partial charge in [0.25, 0.3) is 0 Å². The van der Waals surface area contributed by atoms with E-state index in [1.165, 1.54) is 19.9 Å². The molecule has 0 spiro atoms. The molecule has 3 aromatic rings. The van der Waals surface area contributed by atoms with Gasteiger partial charge in [0.05, 0.1) is 0 Å². The Morgan fingerprint density at radius 1 is 1.12 bits per heavy atom. The standard InChI is InChI=1S/C26H28O5S/c1-7-32-19-9-10-20-17(4)24(30-22(20)14-19)21(27)11-8-18-12-15(2)23(16(3)13-18)31-26(5,6)25(28)29/h8-14H,7H2,1-6H3,(H,28,29). The van der Waals surface area contributed by atoms with E-state index in [1.54, 1.807) is 17.8 Å². The largest absolute Gasteiger partial charge is 0.478 e. The van der Waals surface area contributed by atoms with Gasteiger partial charge < -0.3 is 14.3 Å². The minimum Gasteiger partial charge on any atom is -0.478 e. The molecule has 5 nitrogen and oxygen atoms in total. The Kier molecular flexibility index (Phi) is 6.84. The molecule has 1 N–H and O–H groups in total. The number of carboxylic acids is 1. The zero-order valence-corrected chi connectivity index (χ0v) is 20.1. The van der Waals surface area contributed by atoms with Crippen molar-refractivity contribution in [3.8, 4) is 5.75 Å². The van der Waals surface area contributed by atoms with Crippen molar-refractivity contribution >= 4 is 40.6 Å². The van der Waals surface area contributed by atoms with E-state index in [4.69, 9.17) is 9.15 Å². The zero-order chi connectivity index (χ0) is 23.6. The normalized spacial score (nSPS) is 11.9. The number of aliphatic carboxylic acids is 1. The molecule has 168 valence electrons. The van der Waals surface area contributed by atoms with E-state index in [2.05, 4.69) is 6.92 Å². The zero-order valence-electron chi connectivity index (χ0n) is 19.2. The lowest BCUT2D eigenvalue weighted by atomic mass is 10.0. The summed E-state index contributed by atoms with van der Waals surface area (Å²) in [5.74, 6) is 0.607. The predicted octanol–water partition coefficient (Wildman–Crippen LogP) is 6.61. The van der Waals surface area contributed by atoms with Crippen LogP contribution in [0.3, 0.4) is 0 Å². The highest BCUT2D eigenvalue weighted by Crippen LogP contribution is 2.31. The average Bonchev–Trinajstić information content (AvgIpc) is 3.05. The van der Waals surface area contributed by atoms with Gasteiger partial charge in [-0.1, -0.05) is 13.0 Å². The molecule has 0 amide bonds. The van der Waals surface area contributed by atoms with E-state index in [9.17, 15) is 14.7 Å². The van der Waals surface area contributed by atoms with E-state index in [-0.39, 0.29) is 5.78 Å². The molecule has 0 fully saturated rings. The molecule has 0 bridgehead atoms. The maximum Gasteiger partial charge on any atom is 0.347 e. The Hall–Kier alpha value is -2.99. The number of aryl methyl sites for hydroxylation is 3. The smallest absolute Gasteiger partial charge is 0.347 e. The molecule has 0 aliphatic heterocycles. The van der Waals surface area contributed by atoms with E-state index >= 15 is 0 Å². The molecule has 2 aromatic carbocycles. The van der Waals surface area contributed by atoms with Gasteiger partial charge in [-0.25, -0.2) is 4.79 Å². The van der Waals surface area contributed by atoms with Crippen LogP contribution in [0, 0.1) is 20.8 Å². The van der Waals surface area contributed by atoms with Crippen LogP contribution in [0.2, 0.25) is 0 Å². The number of hydrogen-bond acceptors (Lipinski definition) is 5.